The van der Waals surface area contributed by atoms with Crippen LogP contribution in [0.3, 0.4) is 0 Å². The van der Waals surface area contributed by atoms with Crippen molar-refractivity contribution in [3.63, 3.8) is 0 Å². The molecule has 0 bridgehead atoms. The number of hydrogen-bond acceptors (Lipinski definition) is 7. The lowest BCUT2D eigenvalue weighted by Crippen LogP contribution is -2.21. The topological polar surface area (TPSA) is 75.3 Å². The number of nitrogens with one attached hydrogen (secondary N) is 1. The summed E-state index contributed by atoms with van der Waals surface area (Å²) in [6, 6.07) is 7.18. The maximum Gasteiger partial charge on any atom is 0.387 e. The lowest BCUT2D eigenvalue weighted by molar-refractivity contribution is -0.136. The average molecular weight is 455 g/mol. The molecule has 7 nitrogen and oxygen atoms in total. The van der Waals surface area contributed by atoms with E-state index in [1.54, 1.807) is 18.2 Å². The van der Waals surface area contributed by atoms with E-state index >= 15 is 0 Å². The number of methoxy groups -OCH3 is 2. The Morgan fingerprint density at radius 2 is 1.53 bits per heavy atom. The van der Waals surface area contributed by atoms with Crippen LogP contribution in [-0.4, -0.2) is 40.0 Å². The van der Waals surface area contributed by atoms with E-state index in [2.05, 4.69) is 14.8 Å². The second-order valence-corrected chi connectivity index (χ2v) is 6.82. The fraction of sp³-hybridized carbons (Fsp3) is 0.286. The number of ether oxygens (including phenoxy) is 5. The lowest BCUT2D eigenvalue weighted by atomic mass is 9.81. The highest BCUT2D eigenvalue weighted by Crippen LogP contribution is 2.49. The van der Waals surface area contributed by atoms with Crippen LogP contribution in [0, 0.1) is 0 Å². The first-order valence-corrected chi connectivity index (χ1v) is 9.28. The van der Waals surface area contributed by atoms with Crippen molar-refractivity contribution in [2.45, 2.75) is 19.1 Å². The molecule has 11 heteroatoms. The third kappa shape index (κ3) is 3.97. The van der Waals surface area contributed by atoms with E-state index in [1.165, 1.54) is 14.2 Å². The Balaban J connectivity index is 1.93. The van der Waals surface area contributed by atoms with Crippen molar-refractivity contribution in [3.05, 3.63) is 52.7 Å². The third-order valence-corrected chi connectivity index (χ3v) is 5.03. The van der Waals surface area contributed by atoms with Crippen LogP contribution in [0.4, 0.5) is 23.2 Å². The van der Waals surface area contributed by atoms with Crippen LogP contribution in [0.15, 0.2) is 41.6 Å². The monoisotopic (exact) mass is 455 g/mol. The summed E-state index contributed by atoms with van der Waals surface area (Å²) < 4.78 is 76.2. The summed E-state index contributed by atoms with van der Waals surface area (Å²) in [6.45, 7) is -6.61. The number of benzene rings is 2. The number of alkyl halides is 4. The van der Waals surface area contributed by atoms with Gasteiger partial charge in [-0.15, -0.1) is 0 Å². The molecule has 0 amide bonds. The second-order valence-electron chi connectivity index (χ2n) is 6.82. The molecule has 0 spiro atoms. The molecule has 4 rings (SSSR count). The molecule has 1 atom stereocenters. The van der Waals surface area contributed by atoms with Gasteiger partial charge in [-0.25, -0.2) is 4.79 Å². The molecular weight excluding hydrogens is 438 g/mol. The van der Waals surface area contributed by atoms with Gasteiger partial charge < -0.3 is 29.0 Å². The molecule has 1 N–H and O–H groups in total. The minimum Gasteiger partial charge on any atom is -0.497 e. The molecular formula is C21H17F4NO6. The molecule has 32 heavy (non-hydrogen) atoms. The van der Waals surface area contributed by atoms with E-state index in [0.29, 0.717) is 28.3 Å². The zero-order valence-electron chi connectivity index (χ0n) is 16.8. The van der Waals surface area contributed by atoms with Crippen molar-refractivity contribution < 1.29 is 46.0 Å². The van der Waals surface area contributed by atoms with Gasteiger partial charge in [0.25, 0.3) is 0 Å². The highest BCUT2D eigenvalue weighted by molar-refractivity contribution is 5.97. The summed E-state index contributed by atoms with van der Waals surface area (Å²) in [7, 11) is 2.90. The Bertz CT molecular complexity index is 1070. The molecule has 0 fully saturated rings. The molecule has 0 radical (unpaired) electrons. The Kier molecular flexibility index (Phi) is 5.72. The van der Waals surface area contributed by atoms with Crippen LogP contribution >= 0.6 is 0 Å². The van der Waals surface area contributed by atoms with Gasteiger partial charge in [0.2, 0.25) is 0 Å². The van der Waals surface area contributed by atoms with Crippen LogP contribution in [0.1, 0.15) is 17.0 Å². The summed E-state index contributed by atoms with van der Waals surface area (Å²) >= 11 is 0. The number of fused-ring (bicyclic) bond motifs is 1. The van der Waals surface area contributed by atoms with Crippen molar-refractivity contribution in [3.8, 4) is 23.0 Å². The Labute approximate surface area is 179 Å². The van der Waals surface area contributed by atoms with Crippen LogP contribution in [-0.2, 0) is 9.53 Å². The highest BCUT2D eigenvalue weighted by atomic mass is 19.3. The highest BCUT2D eigenvalue weighted by Gasteiger charge is 2.40. The Morgan fingerprint density at radius 1 is 0.938 bits per heavy atom. The van der Waals surface area contributed by atoms with Gasteiger partial charge in [-0.2, -0.15) is 17.6 Å². The molecule has 2 aromatic rings. The fourth-order valence-corrected chi connectivity index (χ4v) is 3.77. The number of anilines is 1. The van der Waals surface area contributed by atoms with Crippen LogP contribution in [0.2, 0.25) is 0 Å². The van der Waals surface area contributed by atoms with Gasteiger partial charge in [-0.1, -0.05) is 0 Å². The van der Waals surface area contributed by atoms with Crippen molar-refractivity contribution in [2.24, 2.45) is 0 Å². The van der Waals surface area contributed by atoms with Crippen LogP contribution in [0.25, 0.3) is 0 Å². The number of cyclic esters (lactones) is 1. The molecule has 1 unspecified atom stereocenters. The number of carbonyl (C=O) groups is 1. The fourth-order valence-electron chi connectivity index (χ4n) is 3.77. The maximum atomic E-state index is 13.0. The van der Waals surface area contributed by atoms with Gasteiger partial charge in [0.1, 0.15) is 18.1 Å². The van der Waals surface area contributed by atoms with E-state index in [9.17, 15) is 22.4 Å². The number of halogens is 4. The molecule has 0 saturated heterocycles. The number of hydrogen-bond donors (Lipinski definition) is 1. The summed E-state index contributed by atoms with van der Waals surface area (Å²) in [5, 5.41) is 2.94. The largest absolute Gasteiger partial charge is 0.497 e. The van der Waals surface area contributed by atoms with Crippen molar-refractivity contribution >= 4 is 11.7 Å². The van der Waals surface area contributed by atoms with Gasteiger partial charge in [-0.3, -0.25) is 0 Å². The first-order valence-electron chi connectivity index (χ1n) is 9.28. The second kappa shape index (κ2) is 8.48. The van der Waals surface area contributed by atoms with Crippen LogP contribution < -0.4 is 24.3 Å². The van der Waals surface area contributed by atoms with E-state index in [4.69, 9.17) is 14.2 Å². The average Bonchev–Trinajstić information content (AvgIpc) is 3.11. The zero-order chi connectivity index (χ0) is 23.0. The van der Waals surface area contributed by atoms with Gasteiger partial charge in [0, 0.05) is 23.7 Å². The number of carbonyl (C=O) groups excluding carboxylic acids is 1. The lowest BCUT2D eigenvalue weighted by Gasteiger charge is -2.29. The first kappa shape index (κ1) is 21.6. The summed E-state index contributed by atoms with van der Waals surface area (Å²) in [5.74, 6) is -1.74. The van der Waals surface area contributed by atoms with Gasteiger partial charge in [0.15, 0.2) is 11.5 Å². The maximum absolute atomic E-state index is 13.0. The van der Waals surface area contributed by atoms with Gasteiger partial charge in [-0.05, 0) is 29.3 Å². The van der Waals surface area contributed by atoms with Crippen molar-refractivity contribution in [2.75, 3.05) is 26.1 Å². The van der Waals surface area contributed by atoms with Crippen LogP contribution in [0.5, 0.6) is 23.0 Å². The van der Waals surface area contributed by atoms with Gasteiger partial charge >= 0.3 is 19.2 Å². The molecule has 2 aliphatic rings. The number of rotatable bonds is 7. The smallest absolute Gasteiger partial charge is 0.387 e. The molecule has 0 aliphatic carbocycles. The molecule has 170 valence electrons. The molecule has 2 aliphatic heterocycles. The quantitative estimate of drug-likeness (QED) is 0.494. The number of esters is 1. The minimum absolute atomic E-state index is 0.0640. The Hall–Kier alpha value is -3.63. The first-order chi connectivity index (χ1) is 15.3. The van der Waals surface area contributed by atoms with Gasteiger partial charge in [0.05, 0.1) is 25.5 Å². The predicted molar refractivity (Wildman–Crippen MR) is 103 cm³/mol. The minimum atomic E-state index is -3.29. The molecule has 0 saturated carbocycles. The zero-order valence-corrected chi connectivity index (χ0v) is 16.8. The van der Waals surface area contributed by atoms with E-state index < -0.39 is 36.6 Å². The van der Waals surface area contributed by atoms with Crippen molar-refractivity contribution in [1.82, 2.24) is 0 Å². The predicted octanol–water partition coefficient (Wildman–Crippen LogP) is 4.27. The van der Waals surface area contributed by atoms with E-state index in [-0.39, 0.29) is 17.9 Å². The Morgan fingerprint density at radius 3 is 2.09 bits per heavy atom. The normalized spacial score (nSPS) is 17.0. The SMILES string of the molecule is COc1cc(OC)cc(C2C3=C(COC3=O)Nc3cc(OC(F)F)c(OC(F)F)cc32)c1. The van der Waals surface area contributed by atoms with E-state index in [1.807, 2.05) is 0 Å². The molecule has 2 aromatic carbocycles. The molecule has 2 heterocycles. The summed E-state index contributed by atoms with van der Waals surface area (Å²) in [6.07, 6.45) is 0. The molecule has 0 aromatic heterocycles. The standard InChI is InChI=1S/C21H17F4NO6/c1-28-10-3-9(4-11(5-10)29-2)17-12-6-15(31-20(22)23)16(32-21(24)25)7-13(12)26-14-8-30-19(27)18(14)17/h3-7,17,20-21,26H,8H2,1-2H3. The summed E-state index contributed by atoms with van der Waals surface area (Å²) in [4.78, 5) is 12.5. The van der Waals surface area contributed by atoms with E-state index in [0.717, 1.165) is 12.1 Å². The summed E-state index contributed by atoms with van der Waals surface area (Å²) in [5.41, 5.74) is 1.78. The van der Waals surface area contributed by atoms with Crippen molar-refractivity contribution in [1.29, 1.82) is 0 Å². The third-order valence-electron chi connectivity index (χ3n) is 5.03.